The minimum atomic E-state index is -0.577. The molecule has 0 aromatic heterocycles. The summed E-state index contributed by atoms with van der Waals surface area (Å²) >= 11 is 0. The maximum atomic E-state index is 12.1. The van der Waals surface area contributed by atoms with Gasteiger partial charge in [0.05, 0.1) is 5.56 Å². The Hall–Kier alpha value is -2.82. The van der Waals surface area contributed by atoms with Crippen LogP contribution >= 0.6 is 0 Å². The molecular weight excluding hydrogens is 268 g/mol. The molecule has 0 saturated carbocycles. The third-order valence-electron chi connectivity index (χ3n) is 3.08. The summed E-state index contributed by atoms with van der Waals surface area (Å²) in [6.07, 6.45) is 0. The van der Waals surface area contributed by atoms with Gasteiger partial charge in [-0.3, -0.25) is 20.4 Å². The Morgan fingerprint density at radius 3 is 2.19 bits per heavy atom. The molecule has 0 aliphatic carbocycles. The molecule has 21 heavy (non-hydrogen) atoms. The minimum Gasteiger partial charge on any atom is -0.507 e. The van der Waals surface area contributed by atoms with Crippen LogP contribution < -0.4 is 10.9 Å². The average Bonchev–Trinajstić information content (AvgIpc) is 2.47. The summed E-state index contributed by atoms with van der Waals surface area (Å²) in [7, 11) is 0. The van der Waals surface area contributed by atoms with Gasteiger partial charge in [0, 0.05) is 5.56 Å². The molecule has 0 bridgehead atoms. The van der Waals surface area contributed by atoms with E-state index in [0.29, 0.717) is 5.56 Å². The van der Waals surface area contributed by atoms with Gasteiger partial charge in [-0.2, -0.15) is 0 Å². The van der Waals surface area contributed by atoms with Crippen LogP contribution in [0.5, 0.6) is 5.75 Å². The Morgan fingerprint density at radius 2 is 1.52 bits per heavy atom. The van der Waals surface area contributed by atoms with E-state index in [1.807, 2.05) is 26.0 Å². The van der Waals surface area contributed by atoms with Crippen molar-refractivity contribution in [3.8, 4) is 5.75 Å². The van der Waals surface area contributed by atoms with Crippen molar-refractivity contribution in [1.82, 2.24) is 10.9 Å². The number of carbonyl (C=O) groups is 2. The van der Waals surface area contributed by atoms with Gasteiger partial charge in [0.1, 0.15) is 5.75 Å². The van der Waals surface area contributed by atoms with Crippen molar-refractivity contribution in [2.45, 2.75) is 13.8 Å². The first kappa shape index (κ1) is 14.6. The van der Waals surface area contributed by atoms with Crippen LogP contribution in [-0.4, -0.2) is 16.9 Å². The van der Waals surface area contributed by atoms with Gasteiger partial charge in [0.25, 0.3) is 11.8 Å². The van der Waals surface area contributed by atoms with Crippen LogP contribution in [0, 0.1) is 13.8 Å². The number of hydrazine groups is 1. The average molecular weight is 284 g/mol. The summed E-state index contributed by atoms with van der Waals surface area (Å²) in [5, 5.41) is 9.57. The summed E-state index contributed by atoms with van der Waals surface area (Å²) in [5.74, 6) is -1.12. The SMILES string of the molecule is Cc1ccc(C)c(C(=O)NNC(=O)c2ccccc2O)c1. The summed E-state index contributed by atoms with van der Waals surface area (Å²) in [5.41, 5.74) is 6.99. The van der Waals surface area contributed by atoms with Crippen molar-refractivity contribution < 1.29 is 14.7 Å². The van der Waals surface area contributed by atoms with Gasteiger partial charge in [-0.05, 0) is 37.6 Å². The van der Waals surface area contributed by atoms with E-state index in [-0.39, 0.29) is 11.3 Å². The third-order valence-corrected chi connectivity index (χ3v) is 3.08. The van der Waals surface area contributed by atoms with E-state index >= 15 is 0 Å². The van der Waals surface area contributed by atoms with Gasteiger partial charge in [-0.1, -0.05) is 29.8 Å². The Labute approximate surface area is 122 Å². The second-order valence-electron chi connectivity index (χ2n) is 4.74. The number of phenolic OH excluding ortho intramolecular Hbond substituents is 1. The first-order valence-corrected chi connectivity index (χ1v) is 6.45. The Kier molecular flexibility index (Phi) is 4.23. The molecule has 108 valence electrons. The first-order chi connectivity index (χ1) is 9.99. The van der Waals surface area contributed by atoms with Crippen molar-refractivity contribution in [3.63, 3.8) is 0 Å². The fourth-order valence-corrected chi connectivity index (χ4v) is 1.89. The standard InChI is InChI=1S/C16H16N2O3/c1-10-7-8-11(2)13(9-10)16(21)18-17-15(20)12-5-3-4-6-14(12)19/h3-9,19H,1-2H3,(H,17,20)(H,18,21). The highest BCUT2D eigenvalue weighted by atomic mass is 16.3. The first-order valence-electron chi connectivity index (χ1n) is 6.45. The number of nitrogens with one attached hydrogen (secondary N) is 2. The quantitative estimate of drug-likeness (QED) is 0.739. The summed E-state index contributed by atoms with van der Waals surface area (Å²) in [6.45, 7) is 3.70. The number of rotatable bonds is 2. The predicted molar refractivity (Wildman–Crippen MR) is 79.0 cm³/mol. The number of aryl methyl sites for hydroxylation is 2. The molecule has 0 radical (unpaired) electrons. The Morgan fingerprint density at radius 1 is 0.905 bits per heavy atom. The molecule has 0 unspecified atom stereocenters. The van der Waals surface area contributed by atoms with Crippen LogP contribution in [0.15, 0.2) is 42.5 Å². The lowest BCUT2D eigenvalue weighted by molar-refractivity contribution is 0.0844. The zero-order chi connectivity index (χ0) is 15.4. The second-order valence-corrected chi connectivity index (χ2v) is 4.74. The summed E-state index contributed by atoms with van der Waals surface area (Å²) in [6, 6.07) is 11.6. The van der Waals surface area contributed by atoms with E-state index < -0.39 is 11.8 Å². The van der Waals surface area contributed by atoms with Gasteiger partial charge >= 0.3 is 0 Å². The second kappa shape index (κ2) is 6.09. The van der Waals surface area contributed by atoms with Crippen LogP contribution in [0.3, 0.4) is 0 Å². The molecule has 0 heterocycles. The molecule has 2 amide bonds. The maximum absolute atomic E-state index is 12.1. The number of para-hydroxylation sites is 1. The fraction of sp³-hybridized carbons (Fsp3) is 0.125. The van der Waals surface area contributed by atoms with Gasteiger partial charge < -0.3 is 5.11 Å². The van der Waals surface area contributed by atoms with Gasteiger partial charge in [-0.25, -0.2) is 0 Å². The number of aromatic hydroxyl groups is 1. The third kappa shape index (κ3) is 3.39. The number of phenols is 1. The van der Waals surface area contributed by atoms with Crippen LogP contribution in [0.4, 0.5) is 0 Å². The predicted octanol–water partition coefficient (Wildman–Crippen LogP) is 2.08. The van der Waals surface area contributed by atoms with E-state index in [9.17, 15) is 14.7 Å². The van der Waals surface area contributed by atoms with Gasteiger partial charge in [-0.15, -0.1) is 0 Å². The molecular formula is C16H16N2O3. The van der Waals surface area contributed by atoms with Crippen molar-refractivity contribution in [3.05, 3.63) is 64.7 Å². The smallest absolute Gasteiger partial charge is 0.273 e. The molecule has 0 spiro atoms. The molecule has 5 nitrogen and oxygen atoms in total. The van der Waals surface area contributed by atoms with Crippen molar-refractivity contribution in [2.75, 3.05) is 0 Å². The van der Waals surface area contributed by atoms with Crippen molar-refractivity contribution >= 4 is 11.8 Å². The summed E-state index contributed by atoms with van der Waals surface area (Å²) in [4.78, 5) is 23.9. The van der Waals surface area contributed by atoms with Gasteiger partial charge in [0.15, 0.2) is 0 Å². The summed E-state index contributed by atoms with van der Waals surface area (Å²) < 4.78 is 0. The molecule has 0 aliphatic heterocycles. The number of hydrogen-bond donors (Lipinski definition) is 3. The van der Waals surface area contributed by atoms with Crippen molar-refractivity contribution in [1.29, 1.82) is 0 Å². The molecule has 0 fully saturated rings. The minimum absolute atomic E-state index is 0.0961. The fourth-order valence-electron chi connectivity index (χ4n) is 1.89. The van der Waals surface area contributed by atoms with Crippen LogP contribution in [-0.2, 0) is 0 Å². The van der Waals surface area contributed by atoms with E-state index in [0.717, 1.165) is 11.1 Å². The molecule has 2 aromatic rings. The lowest BCUT2D eigenvalue weighted by Crippen LogP contribution is -2.41. The molecule has 2 aromatic carbocycles. The largest absolute Gasteiger partial charge is 0.507 e. The van der Waals surface area contributed by atoms with Crippen LogP contribution in [0.2, 0.25) is 0 Å². The molecule has 0 atom stereocenters. The van der Waals surface area contributed by atoms with Crippen LogP contribution in [0.1, 0.15) is 31.8 Å². The van der Waals surface area contributed by atoms with E-state index in [1.54, 1.807) is 18.2 Å². The normalized spacial score (nSPS) is 10.0. The molecule has 0 aliphatic rings. The topological polar surface area (TPSA) is 78.4 Å². The molecule has 0 saturated heterocycles. The number of amides is 2. The van der Waals surface area contributed by atoms with Crippen molar-refractivity contribution in [2.24, 2.45) is 0 Å². The Bertz CT molecular complexity index is 696. The highest BCUT2D eigenvalue weighted by molar-refractivity contribution is 6.00. The molecule has 3 N–H and O–H groups in total. The lowest BCUT2D eigenvalue weighted by Gasteiger charge is -2.10. The van der Waals surface area contributed by atoms with Crippen LogP contribution in [0.25, 0.3) is 0 Å². The van der Waals surface area contributed by atoms with E-state index in [1.165, 1.54) is 12.1 Å². The lowest BCUT2D eigenvalue weighted by atomic mass is 10.1. The zero-order valence-electron chi connectivity index (χ0n) is 11.8. The van der Waals surface area contributed by atoms with E-state index in [2.05, 4.69) is 10.9 Å². The highest BCUT2D eigenvalue weighted by Gasteiger charge is 2.13. The van der Waals surface area contributed by atoms with Gasteiger partial charge in [0.2, 0.25) is 0 Å². The number of benzene rings is 2. The number of hydrogen-bond acceptors (Lipinski definition) is 3. The maximum Gasteiger partial charge on any atom is 0.273 e. The highest BCUT2D eigenvalue weighted by Crippen LogP contribution is 2.15. The Balaban J connectivity index is 2.06. The molecule has 2 rings (SSSR count). The number of carbonyl (C=O) groups excluding carboxylic acids is 2. The monoisotopic (exact) mass is 284 g/mol. The zero-order valence-corrected chi connectivity index (χ0v) is 11.8. The molecule has 5 heteroatoms. The van der Waals surface area contributed by atoms with E-state index in [4.69, 9.17) is 0 Å².